The summed E-state index contributed by atoms with van der Waals surface area (Å²) < 4.78 is 15.1. The summed E-state index contributed by atoms with van der Waals surface area (Å²) in [6.07, 6.45) is 0. The molecule has 1 amide bonds. The van der Waals surface area contributed by atoms with E-state index >= 15 is 0 Å². The molecule has 0 aliphatic rings. The second-order valence-electron chi connectivity index (χ2n) is 4.68. The summed E-state index contributed by atoms with van der Waals surface area (Å²) in [7, 11) is 4.64. The lowest BCUT2D eigenvalue weighted by atomic mass is 10.1. The zero-order valence-electron chi connectivity index (χ0n) is 13.0. The molecule has 0 bridgehead atoms. The van der Waals surface area contributed by atoms with Gasteiger partial charge in [0.1, 0.15) is 0 Å². The van der Waals surface area contributed by atoms with Gasteiger partial charge in [-0.3, -0.25) is 4.79 Å². The third kappa shape index (κ3) is 4.61. The Hall–Kier alpha value is -1.79. The zero-order valence-corrected chi connectivity index (χ0v) is 13.0. The third-order valence-electron chi connectivity index (χ3n) is 3.16. The average molecular weight is 297 g/mol. The molecule has 0 heterocycles. The minimum Gasteiger partial charge on any atom is -0.504 e. The molecule has 0 aliphatic carbocycles. The molecule has 0 aromatic heterocycles. The number of rotatable bonds is 8. The summed E-state index contributed by atoms with van der Waals surface area (Å²) in [6, 6.07) is 4.50. The Kier molecular flexibility index (Phi) is 6.98. The molecule has 0 aliphatic heterocycles. The lowest BCUT2D eigenvalue weighted by molar-refractivity contribution is 0.0479. The molecule has 1 rings (SSSR count). The molecule has 6 nitrogen and oxygen atoms in total. The molecule has 1 N–H and O–H groups in total. The summed E-state index contributed by atoms with van der Waals surface area (Å²) in [5.74, 6) is 0.0870. The van der Waals surface area contributed by atoms with Crippen molar-refractivity contribution < 1.29 is 24.1 Å². The number of amides is 1. The number of aromatic hydroxyl groups is 1. The predicted molar refractivity (Wildman–Crippen MR) is 78.9 cm³/mol. The molecule has 21 heavy (non-hydrogen) atoms. The first kappa shape index (κ1) is 17.3. The van der Waals surface area contributed by atoms with E-state index in [4.69, 9.17) is 14.2 Å². The lowest BCUT2D eigenvalue weighted by Crippen LogP contribution is -2.43. The molecule has 0 fully saturated rings. The van der Waals surface area contributed by atoms with Gasteiger partial charge < -0.3 is 24.2 Å². The highest BCUT2D eigenvalue weighted by molar-refractivity contribution is 5.95. The highest BCUT2D eigenvalue weighted by Gasteiger charge is 2.22. The van der Waals surface area contributed by atoms with Crippen molar-refractivity contribution in [3.63, 3.8) is 0 Å². The Labute approximate surface area is 125 Å². The Morgan fingerprint density at radius 1 is 1.29 bits per heavy atom. The molecule has 0 radical (unpaired) electrons. The van der Waals surface area contributed by atoms with Crippen molar-refractivity contribution in [3.8, 4) is 11.5 Å². The first-order chi connectivity index (χ1) is 10.0. The minimum atomic E-state index is -0.186. The first-order valence-corrected chi connectivity index (χ1v) is 6.71. The maximum absolute atomic E-state index is 12.6. The monoisotopic (exact) mass is 297 g/mol. The van der Waals surface area contributed by atoms with Crippen LogP contribution in [-0.2, 0) is 9.47 Å². The Morgan fingerprint density at radius 2 is 2.00 bits per heavy atom. The fourth-order valence-corrected chi connectivity index (χ4v) is 2.03. The van der Waals surface area contributed by atoms with Crippen molar-refractivity contribution in [2.24, 2.45) is 0 Å². The van der Waals surface area contributed by atoms with Crippen LogP contribution in [0.2, 0.25) is 0 Å². The molecule has 0 saturated carbocycles. The SMILES string of the molecule is COCCN(C(=O)c1ccc(OC)c(O)c1)C(C)COC. The summed E-state index contributed by atoms with van der Waals surface area (Å²) in [5.41, 5.74) is 0.396. The number of hydrogen-bond donors (Lipinski definition) is 1. The van der Waals surface area contributed by atoms with Crippen molar-refractivity contribution >= 4 is 5.91 Å². The van der Waals surface area contributed by atoms with E-state index in [0.29, 0.717) is 31.1 Å². The predicted octanol–water partition coefficient (Wildman–Crippen LogP) is 1.52. The number of phenolic OH excluding ortho intramolecular Hbond substituents is 1. The van der Waals surface area contributed by atoms with Crippen LogP contribution in [0.3, 0.4) is 0 Å². The van der Waals surface area contributed by atoms with Gasteiger partial charge >= 0.3 is 0 Å². The molecular formula is C15H23NO5. The van der Waals surface area contributed by atoms with Crippen molar-refractivity contribution in [2.75, 3.05) is 41.1 Å². The van der Waals surface area contributed by atoms with Crippen molar-refractivity contribution in [3.05, 3.63) is 23.8 Å². The van der Waals surface area contributed by atoms with Gasteiger partial charge in [-0.05, 0) is 25.1 Å². The van der Waals surface area contributed by atoms with E-state index in [1.165, 1.54) is 13.2 Å². The van der Waals surface area contributed by atoms with Gasteiger partial charge in [0, 0.05) is 26.3 Å². The number of methoxy groups -OCH3 is 3. The largest absolute Gasteiger partial charge is 0.504 e. The first-order valence-electron chi connectivity index (χ1n) is 6.71. The topological polar surface area (TPSA) is 68.2 Å². The van der Waals surface area contributed by atoms with Gasteiger partial charge in [0.15, 0.2) is 11.5 Å². The molecule has 1 aromatic rings. The highest BCUT2D eigenvalue weighted by Crippen LogP contribution is 2.27. The number of ether oxygens (including phenoxy) is 3. The fraction of sp³-hybridized carbons (Fsp3) is 0.533. The highest BCUT2D eigenvalue weighted by atomic mass is 16.5. The smallest absolute Gasteiger partial charge is 0.254 e. The van der Waals surface area contributed by atoms with Gasteiger partial charge in [0.25, 0.3) is 5.91 Å². The summed E-state index contributed by atoms with van der Waals surface area (Å²) in [5, 5.41) is 9.79. The fourth-order valence-electron chi connectivity index (χ4n) is 2.03. The second kappa shape index (κ2) is 8.49. The molecule has 1 unspecified atom stereocenters. The molecule has 0 spiro atoms. The van der Waals surface area contributed by atoms with E-state index in [1.54, 1.807) is 31.3 Å². The Bertz CT molecular complexity index is 463. The van der Waals surface area contributed by atoms with Gasteiger partial charge in [0.2, 0.25) is 0 Å². The normalized spacial score (nSPS) is 12.0. The molecule has 6 heteroatoms. The standard InChI is InChI=1S/C15H23NO5/c1-11(10-20-3)16(7-8-19-2)15(18)12-5-6-14(21-4)13(17)9-12/h5-6,9,11,17H,7-8,10H2,1-4H3. The van der Waals surface area contributed by atoms with E-state index < -0.39 is 0 Å². The quantitative estimate of drug-likeness (QED) is 0.788. The van der Waals surface area contributed by atoms with E-state index in [2.05, 4.69) is 0 Å². The molecule has 118 valence electrons. The molecular weight excluding hydrogens is 274 g/mol. The van der Waals surface area contributed by atoms with E-state index in [0.717, 1.165) is 0 Å². The van der Waals surface area contributed by atoms with Crippen LogP contribution in [0, 0.1) is 0 Å². The summed E-state index contributed by atoms with van der Waals surface area (Å²) in [4.78, 5) is 14.2. The van der Waals surface area contributed by atoms with Crippen LogP contribution in [0.4, 0.5) is 0 Å². The van der Waals surface area contributed by atoms with Crippen molar-refractivity contribution in [2.45, 2.75) is 13.0 Å². The maximum Gasteiger partial charge on any atom is 0.254 e. The van der Waals surface area contributed by atoms with Gasteiger partial charge in [0.05, 0.1) is 26.4 Å². The van der Waals surface area contributed by atoms with Crippen molar-refractivity contribution in [1.82, 2.24) is 4.90 Å². The van der Waals surface area contributed by atoms with Crippen LogP contribution in [0.25, 0.3) is 0 Å². The Balaban J connectivity index is 2.95. The number of nitrogens with zero attached hydrogens (tertiary/aromatic N) is 1. The van der Waals surface area contributed by atoms with E-state index in [-0.39, 0.29) is 17.7 Å². The number of carbonyl (C=O) groups is 1. The van der Waals surface area contributed by atoms with Crippen LogP contribution < -0.4 is 4.74 Å². The Morgan fingerprint density at radius 3 is 2.52 bits per heavy atom. The summed E-state index contributed by atoms with van der Waals surface area (Å²) in [6.45, 7) is 3.21. The molecule has 1 aromatic carbocycles. The zero-order chi connectivity index (χ0) is 15.8. The van der Waals surface area contributed by atoms with Crippen molar-refractivity contribution in [1.29, 1.82) is 0 Å². The second-order valence-corrected chi connectivity index (χ2v) is 4.68. The maximum atomic E-state index is 12.6. The van der Waals surface area contributed by atoms with Gasteiger partial charge in [-0.15, -0.1) is 0 Å². The van der Waals surface area contributed by atoms with Gasteiger partial charge in [-0.1, -0.05) is 0 Å². The van der Waals surface area contributed by atoms with Crippen LogP contribution in [-0.4, -0.2) is 63.0 Å². The van der Waals surface area contributed by atoms with E-state index in [1.807, 2.05) is 6.92 Å². The summed E-state index contributed by atoms with van der Waals surface area (Å²) >= 11 is 0. The lowest BCUT2D eigenvalue weighted by Gasteiger charge is -2.28. The number of carbonyl (C=O) groups excluding carboxylic acids is 1. The molecule has 1 atom stereocenters. The number of phenols is 1. The van der Waals surface area contributed by atoms with Crippen LogP contribution in [0.1, 0.15) is 17.3 Å². The number of benzene rings is 1. The van der Waals surface area contributed by atoms with Crippen LogP contribution >= 0.6 is 0 Å². The number of hydrogen-bond acceptors (Lipinski definition) is 5. The third-order valence-corrected chi connectivity index (χ3v) is 3.16. The van der Waals surface area contributed by atoms with E-state index in [9.17, 15) is 9.90 Å². The molecule has 0 saturated heterocycles. The van der Waals surface area contributed by atoms with Gasteiger partial charge in [-0.25, -0.2) is 0 Å². The average Bonchev–Trinajstić information content (AvgIpc) is 2.47. The minimum absolute atomic E-state index is 0.0607. The van der Waals surface area contributed by atoms with Gasteiger partial charge in [-0.2, -0.15) is 0 Å². The van der Waals surface area contributed by atoms with Crippen LogP contribution in [0.5, 0.6) is 11.5 Å². The van der Waals surface area contributed by atoms with Crippen LogP contribution in [0.15, 0.2) is 18.2 Å².